The second-order valence-corrected chi connectivity index (χ2v) is 4.33. The van der Waals surface area contributed by atoms with E-state index in [1.807, 2.05) is 0 Å². The van der Waals surface area contributed by atoms with Crippen LogP contribution in [-0.4, -0.2) is 17.0 Å². The summed E-state index contributed by atoms with van der Waals surface area (Å²) in [5, 5.41) is 22.0. The Morgan fingerprint density at radius 3 is 2.09 bits per heavy atom. The molecule has 0 unspecified atom stereocenters. The molecule has 0 aliphatic carbocycles. The maximum atomic E-state index is 11.1. The summed E-state index contributed by atoms with van der Waals surface area (Å²) < 4.78 is 4.96. The molecule has 2 aromatic rings. The van der Waals surface area contributed by atoms with Crippen LogP contribution in [0.2, 0.25) is 0 Å². The molecule has 112 valence electrons. The van der Waals surface area contributed by atoms with Crippen LogP contribution in [0.15, 0.2) is 42.5 Å². The zero-order chi connectivity index (χ0) is 16.1. The van der Waals surface area contributed by atoms with Crippen molar-refractivity contribution in [3.63, 3.8) is 0 Å². The van der Waals surface area contributed by atoms with Gasteiger partial charge in [-0.25, -0.2) is 0 Å². The number of benzene rings is 2. The molecule has 2 rings (SSSR count). The first kappa shape index (κ1) is 15.2. The van der Waals surface area contributed by atoms with E-state index in [2.05, 4.69) is 0 Å². The van der Waals surface area contributed by atoms with E-state index in [1.54, 1.807) is 24.3 Å². The van der Waals surface area contributed by atoms with Crippen LogP contribution in [0.25, 0.3) is 12.2 Å². The van der Waals surface area contributed by atoms with Gasteiger partial charge in [0.1, 0.15) is 5.75 Å². The molecule has 0 saturated carbocycles. The van der Waals surface area contributed by atoms with E-state index in [-0.39, 0.29) is 11.4 Å². The van der Waals surface area contributed by atoms with Crippen LogP contribution in [0.4, 0.5) is 11.4 Å². The van der Waals surface area contributed by atoms with Crippen LogP contribution in [0.3, 0.4) is 0 Å². The van der Waals surface area contributed by atoms with Crippen LogP contribution >= 0.6 is 0 Å². The first-order valence-electron chi connectivity index (χ1n) is 6.27. The van der Waals surface area contributed by atoms with Crippen molar-refractivity contribution in [3.8, 4) is 5.75 Å². The predicted octanol–water partition coefficient (Wildman–Crippen LogP) is 3.68. The van der Waals surface area contributed by atoms with Crippen molar-refractivity contribution in [1.82, 2.24) is 0 Å². The summed E-state index contributed by atoms with van der Waals surface area (Å²) in [6, 6.07) is 10.6. The van der Waals surface area contributed by atoms with E-state index in [0.29, 0.717) is 16.9 Å². The molecule has 2 aromatic carbocycles. The number of methoxy groups -OCH3 is 1. The molecule has 22 heavy (non-hydrogen) atoms. The van der Waals surface area contributed by atoms with Crippen molar-refractivity contribution in [3.05, 3.63) is 73.8 Å². The molecule has 7 nitrogen and oxygen atoms in total. The van der Waals surface area contributed by atoms with Gasteiger partial charge in [0.25, 0.3) is 11.4 Å². The van der Waals surface area contributed by atoms with Gasteiger partial charge in [-0.1, -0.05) is 12.1 Å². The molecule has 0 N–H and O–H groups in total. The Bertz CT molecular complexity index is 755. The van der Waals surface area contributed by atoms with Crippen LogP contribution in [0.5, 0.6) is 5.75 Å². The summed E-state index contributed by atoms with van der Waals surface area (Å²) in [5.41, 5.74) is 0.519. The van der Waals surface area contributed by atoms with E-state index < -0.39 is 9.85 Å². The molecular weight excluding hydrogens is 288 g/mol. The number of nitrogens with zero attached hydrogens (tertiary/aromatic N) is 2. The number of nitro groups is 2. The molecule has 0 aliphatic rings. The molecule has 0 aromatic heterocycles. The van der Waals surface area contributed by atoms with Gasteiger partial charge in [-0.15, -0.1) is 0 Å². The molecule has 0 bridgehead atoms. The van der Waals surface area contributed by atoms with Gasteiger partial charge in [0.2, 0.25) is 0 Å². The molecule has 0 amide bonds. The molecule has 0 radical (unpaired) electrons. The molecule has 0 spiro atoms. The van der Waals surface area contributed by atoms with Crippen molar-refractivity contribution < 1.29 is 14.6 Å². The lowest BCUT2D eigenvalue weighted by molar-refractivity contribution is -0.385. The molecule has 0 heterocycles. The number of nitro benzene ring substituents is 2. The highest BCUT2D eigenvalue weighted by Gasteiger charge is 2.14. The van der Waals surface area contributed by atoms with Crippen molar-refractivity contribution >= 4 is 23.5 Å². The van der Waals surface area contributed by atoms with Gasteiger partial charge in [-0.2, -0.15) is 0 Å². The summed E-state index contributed by atoms with van der Waals surface area (Å²) in [7, 11) is 1.42. The monoisotopic (exact) mass is 300 g/mol. The minimum absolute atomic E-state index is 0.0603. The highest BCUT2D eigenvalue weighted by atomic mass is 16.6. The van der Waals surface area contributed by atoms with Crippen molar-refractivity contribution in [2.45, 2.75) is 0 Å². The summed E-state index contributed by atoms with van der Waals surface area (Å²) in [5.74, 6) is 0.370. The van der Waals surface area contributed by atoms with Crippen LogP contribution in [0.1, 0.15) is 11.1 Å². The van der Waals surface area contributed by atoms with Gasteiger partial charge < -0.3 is 4.74 Å². The number of hydrogen-bond acceptors (Lipinski definition) is 5. The third-order valence-corrected chi connectivity index (χ3v) is 3.01. The van der Waals surface area contributed by atoms with E-state index in [4.69, 9.17) is 4.74 Å². The average Bonchev–Trinajstić information content (AvgIpc) is 2.52. The first-order chi connectivity index (χ1) is 10.5. The van der Waals surface area contributed by atoms with Crippen molar-refractivity contribution in [2.24, 2.45) is 0 Å². The predicted molar refractivity (Wildman–Crippen MR) is 81.7 cm³/mol. The lowest BCUT2D eigenvalue weighted by Gasteiger charge is -2.02. The fourth-order valence-electron chi connectivity index (χ4n) is 1.92. The van der Waals surface area contributed by atoms with Crippen molar-refractivity contribution in [1.29, 1.82) is 0 Å². The van der Waals surface area contributed by atoms with E-state index >= 15 is 0 Å². The van der Waals surface area contributed by atoms with Crippen LogP contribution < -0.4 is 4.74 Å². The standard InChI is InChI=1S/C15H12N2O5/c1-22-13-9-8-12(15(10-13)17(20)21)7-6-11-4-2-3-5-14(11)16(18)19/h2-10H,1H3. The Balaban J connectivity index is 2.43. The van der Waals surface area contributed by atoms with Gasteiger partial charge in [0.15, 0.2) is 0 Å². The molecule has 0 atom stereocenters. The van der Waals surface area contributed by atoms with E-state index in [9.17, 15) is 20.2 Å². The van der Waals surface area contributed by atoms with Gasteiger partial charge >= 0.3 is 0 Å². The largest absolute Gasteiger partial charge is 0.497 e. The summed E-state index contributed by atoms with van der Waals surface area (Å²) in [4.78, 5) is 21.0. The molecule has 0 saturated heterocycles. The van der Waals surface area contributed by atoms with Gasteiger partial charge in [0, 0.05) is 6.07 Å². The van der Waals surface area contributed by atoms with Gasteiger partial charge in [-0.05, 0) is 30.4 Å². The molecule has 0 aliphatic heterocycles. The Morgan fingerprint density at radius 2 is 1.50 bits per heavy atom. The third kappa shape index (κ3) is 3.26. The summed E-state index contributed by atoms with van der Waals surface area (Å²) in [6.45, 7) is 0. The van der Waals surface area contributed by atoms with Crippen LogP contribution in [-0.2, 0) is 0 Å². The molecule has 7 heteroatoms. The van der Waals surface area contributed by atoms with Crippen LogP contribution in [0, 0.1) is 20.2 Å². The lowest BCUT2D eigenvalue weighted by Crippen LogP contribution is -1.93. The van der Waals surface area contributed by atoms with Gasteiger partial charge in [-0.3, -0.25) is 20.2 Å². The topological polar surface area (TPSA) is 95.5 Å². The second-order valence-electron chi connectivity index (χ2n) is 4.33. The fourth-order valence-corrected chi connectivity index (χ4v) is 1.92. The first-order valence-corrected chi connectivity index (χ1v) is 6.27. The van der Waals surface area contributed by atoms with Crippen molar-refractivity contribution in [2.75, 3.05) is 7.11 Å². The maximum absolute atomic E-state index is 11.1. The van der Waals surface area contributed by atoms with Gasteiger partial charge in [0.05, 0.1) is 34.1 Å². The Labute approximate surface area is 125 Å². The Hall–Kier alpha value is -3.22. The lowest BCUT2D eigenvalue weighted by atomic mass is 10.1. The molecular formula is C15H12N2O5. The number of hydrogen-bond donors (Lipinski definition) is 0. The Morgan fingerprint density at radius 1 is 0.909 bits per heavy atom. The maximum Gasteiger partial charge on any atom is 0.280 e. The quantitative estimate of drug-likeness (QED) is 0.476. The zero-order valence-electron chi connectivity index (χ0n) is 11.6. The zero-order valence-corrected chi connectivity index (χ0v) is 11.6. The highest BCUT2D eigenvalue weighted by Crippen LogP contribution is 2.27. The second kappa shape index (κ2) is 6.49. The molecule has 0 fully saturated rings. The summed E-state index contributed by atoms with van der Waals surface area (Å²) in [6.07, 6.45) is 2.95. The number of rotatable bonds is 5. The average molecular weight is 300 g/mol. The highest BCUT2D eigenvalue weighted by molar-refractivity contribution is 5.77. The van der Waals surface area contributed by atoms with E-state index in [1.165, 1.54) is 37.5 Å². The minimum atomic E-state index is -0.526. The minimum Gasteiger partial charge on any atom is -0.497 e. The van der Waals surface area contributed by atoms with E-state index in [0.717, 1.165) is 0 Å². The Kier molecular flexibility index (Phi) is 4.47. The fraction of sp³-hybridized carbons (Fsp3) is 0.0667. The number of para-hydroxylation sites is 1. The number of ether oxygens (including phenoxy) is 1. The summed E-state index contributed by atoms with van der Waals surface area (Å²) >= 11 is 0. The smallest absolute Gasteiger partial charge is 0.280 e. The normalized spacial score (nSPS) is 10.6. The third-order valence-electron chi connectivity index (χ3n) is 3.01. The SMILES string of the molecule is COc1ccc(C=Cc2ccccc2[N+](=O)[O-])c([N+](=O)[O-])c1.